The van der Waals surface area contributed by atoms with Gasteiger partial charge in [0.2, 0.25) is 5.78 Å². The van der Waals surface area contributed by atoms with Crippen molar-refractivity contribution in [1.82, 2.24) is 4.57 Å². The average molecular weight is 500 g/mol. The molecule has 0 bridgehead atoms. The molecule has 0 amide bonds. The fraction of sp³-hybridized carbons (Fsp3) is 0.231. The van der Waals surface area contributed by atoms with Crippen LogP contribution in [0.2, 0.25) is 10.0 Å². The molecule has 0 spiro atoms. The molecule has 3 aromatic rings. The normalized spacial score (nSPS) is 10.7. The molecule has 0 N–H and O–H groups in total. The maximum atomic E-state index is 13.2. The first-order chi connectivity index (χ1) is 16.3. The number of methoxy groups -OCH3 is 1. The Kier molecular flexibility index (Phi) is 8.42. The van der Waals surface area contributed by atoms with E-state index < -0.39 is 23.1 Å². The summed E-state index contributed by atoms with van der Waals surface area (Å²) >= 11 is 12.3. The number of aryl methyl sites for hydroxylation is 2. The Morgan fingerprint density at radius 1 is 0.853 bits per heavy atom. The highest BCUT2D eigenvalue weighted by molar-refractivity contribution is 6.51. The average Bonchev–Trinajstić information content (AvgIpc) is 2.84. The third-order valence-corrected chi connectivity index (χ3v) is 5.91. The van der Waals surface area contributed by atoms with Crippen molar-refractivity contribution in [2.75, 3.05) is 7.11 Å². The van der Waals surface area contributed by atoms with Crippen LogP contribution < -0.4 is 5.56 Å². The van der Waals surface area contributed by atoms with E-state index in [2.05, 4.69) is 4.74 Å². The van der Waals surface area contributed by atoms with E-state index >= 15 is 0 Å². The molecule has 0 saturated heterocycles. The molecule has 6 nitrogen and oxygen atoms in total. The molecule has 0 fully saturated rings. The van der Waals surface area contributed by atoms with Crippen LogP contribution in [0, 0.1) is 0 Å². The second kappa shape index (κ2) is 11.3. The van der Waals surface area contributed by atoms with Gasteiger partial charge in [0.1, 0.15) is 10.7 Å². The van der Waals surface area contributed by atoms with E-state index in [1.165, 1.54) is 13.2 Å². The maximum absolute atomic E-state index is 13.2. The molecule has 176 valence electrons. The molecule has 3 rings (SSSR count). The van der Waals surface area contributed by atoms with Crippen LogP contribution in [-0.4, -0.2) is 29.2 Å². The first kappa shape index (κ1) is 25.4. The molecule has 1 aromatic heterocycles. The highest BCUT2D eigenvalue weighted by Crippen LogP contribution is 2.21. The van der Waals surface area contributed by atoms with Gasteiger partial charge in [0.05, 0.1) is 17.7 Å². The predicted molar refractivity (Wildman–Crippen MR) is 131 cm³/mol. The fourth-order valence-corrected chi connectivity index (χ4v) is 4.17. The molecular formula is C26H23Cl2NO5. The summed E-state index contributed by atoms with van der Waals surface area (Å²) < 4.78 is 5.82. The number of carbonyl (C=O) groups is 3. The first-order valence-electron chi connectivity index (χ1n) is 10.7. The monoisotopic (exact) mass is 499 g/mol. The number of halogens is 2. The van der Waals surface area contributed by atoms with Gasteiger partial charge in [0.25, 0.3) is 11.3 Å². The lowest BCUT2D eigenvalue weighted by molar-refractivity contribution is 0.0600. The topological polar surface area (TPSA) is 82.4 Å². The SMILES string of the molecule is CCCc1cccc(C(=O)C(=O)c2c(Cl)cc(Cl)c(=O)n2CCc2ccc(C(=O)OC)cc2)c1. The number of carbonyl (C=O) groups excluding carboxylic acids is 3. The van der Waals surface area contributed by atoms with Crippen LogP contribution in [0.15, 0.2) is 59.4 Å². The predicted octanol–water partition coefficient (Wildman–Crippen LogP) is 5.20. The quantitative estimate of drug-likeness (QED) is 0.229. The second-order valence-corrected chi connectivity index (χ2v) is 8.51. The Hall–Kier alpha value is -3.22. The first-order valence-corrected chi connectivity index (χ1v) is 11.5. The van der Waals surface area contributed by atoms with Gasteiger partial charge in [0, 0.05) is 12.1 Å². The van der Waals surface area contributed by atoms with Gasteiger partial charge in [-0.15, -0.1) is 0 Å². The lowest BCUT2D eigenvalue weighted by Crippen LogP contribution is -2.30. The Morgan fingerprint density at radius 2 is 1.56 bits per heavy atom. The molecule has 0 aliphatic carbocycles. The number of benzene rings is 2. The molecule has 0 saturated carbocycles. The zero-order valence-electron chi connectivity index (χ0n) is 18.8. The van der Waals surface area contributed by atoms with Crippen molar-refractivity contribution >= 4 is 40.7 Å². The van der Waals surface area contributed by atoms with Crippen molar-refractivity contribution in [3.8, 4) is 0 Å². The number of esters is 1. The zero-order chi connectivity index (χ0) is 24.8. The summed E-state index contributed by atoms with van der Waals surface area (Å²) in [4.78, 5) is 50.6. The van der Waals surface area contributed by atoms with Gasteiger partial charge in [-0.05, 0) is 48.2 Å². The van der Waals surface area contributed by atoms with Crippen LogP contribution in [0.1, 0.15) is 55.7 Å². The summed E-state index contributed by atoms with van der Waals surface area (Å²) in [5, 5.41) is -0.228. The standard InChI is InChI=1S/C26H23Cl2NO5/c1-3-5-17-6-4-7-19(14-17)23(30)24(31)22-20(27)15-21(28)25(32)29(22)13-12-16-8-10-18(11-9-16)26(33)34-2/h4,6-11,14-15H,3,5,12-13H2,1-2H3. The fourth-order valence-electron chi connectivity index (χ4n) is 3.61. The molecule has 1 heterocycles. The number of ketones is 2. The van der Waals surface area contributed by atoms with Gasteiger partial charge in [-0.1, -0.05) is 66.9 Å². The van der Waals surface area contributed by atoms with Crippen LogP contribution in [-0.2, 0) is 24.1 Å². The Bertz CT molecular complexity index is 1300. The molecule has 2 aromatic carbocycles. The van der Waals surface area contributed by atoms with Crippen LogP contribution in [0.4, 0.5) is 0 Å². The van der Waals surface area contributed by atoms with E-state index in [0.29, 0.717) is 12.0 Å². The number of pyridine rings is 1. The molecule has 0 atom stereocenters. The van der Waals surface area contributed by atoms with E-state index in [1.54, 1.807) is 42.5 Å². The number of rotatable bonds is 9. The second-order valence-electron chi connectivity index (χ2n) is 7.69. The van der Waals surface area contributed by atoms with Gasteiger partial charge >= 0.3 is 5.97 Å². The van der Waals surface area contributed by atoms with Crippen molar-refractivity contribution < 1.29 is 19.1 Å². The summed E-state index contributed by atoms with van der Waals surface area (Å²) in [6, 6.07) is 14.7. The third-order valence-electron chi connectivity index (χ3n) is 5.35. The van der Waals surface area contributed by atoms with E-state index in [1.807, 2.05) is 13.0 Å². The van der Waals surface area contributed by atoms with Gasteiger partial charge in [0.15, 0.2) is 0 Å². The lowest BCUT2D eigenvalue weighted by atomic mass is 10.0. The molecule has 0 aliphatic heterocycles. The Labute approximate surface area is 207 Å². The highest BCUT2D eigenvalue weighted by Gasteiger charge is 2.26. The van der Waals surface area contributed by atoms with Crippen LogP contribution in [0.3, 0.4) is 0 Å². The van der Waals surface area contributed by atoms with E-state index in [4.69, 9.17) is 23.2 Å². The summed E-state index contributed by atoms with van der Waals surface area (Å²) in [5.74, 6) is -2.09. The molecule has 0 aliphatic rings. The molecule has 0 radical (unpaired) electrons. The van der Waals surface area contributed by atoms with E-state index in [0.717, 1.165) is 28.5 Å². The van der Waals surface area contributed by atoms with Crippen LogP contribution in [0.5, 0.6) is 0 Å². The molecule has 8 heteroatoms. The van der Waals surface area contributed by atoms with Gasteiger partial charge in [-0.25, -0.2) is 4.79 Å². The van der Waals surface area contributed by atoms with Crippen molar-refractivity contribution in [1.29, 1.82) is 0 Å². The minimum atomic E-state index is -0.881. The largest absolute Gasteiger partial charge is 0.465 e. The third kappa shape index (κ3) is 5.64. The number of hydrogen-bond donors (Lipinski definition) is 0. The smallest absolute Gasteiger partial charge is 0.337 e. The number of aromatic nitrogens is 1. The van der Waals surface area contributed by atoms with E-state index in [-0.39, 0.29) is 27.8 Å². The van der Waals surface area contributed by atoms with Crippen molar-refractivity contribution in [2.24, 2.45) is 0 Å². The zero-order valence-corrected chi connectivity index (χ0v) is 20.3. The minimum absolute atomic E-state index is 0.0565. The minimum Gasteiger partial charge on any atom is -0.465 e. The van der Waals surface area contributed by atoms with Crippen LogP contribution >= 0.6 is 23.2 Å². The van der Waals surface area contributed by atoms with Gasteiger partial charge in [-0.2, -0.15) is 0 Å². The highest BCUT2D eigenvalue weighted by atomic mass is 35.5. The number of nitrogens with zero attached hydrogens (tertiary/aromatic N) is 1. The van der Waals surface area contributed by atoms with Crippen molar-refractivity contribution in [2.45, 2.75) is 32.7 Å². The van der Waals surface area contributed by atoms with Crippen LogP contribution in [0.25, 0.3) is 0 Å². The van der Waals surface area contributed by atoms with Gasteiger partial charge < -0.3 is 9.30 Å². The number of ether oxygens (including phenoxy) is 1. The number of hydrogen-bond acceptors (Lipinski definition) is 5. The van der Waals surface area contributed by atoms with Crippen molar-refractivity contribution in [3.05, 3.63) is 103 Å². The lowest BCUT2D eigenvalue weighted by Gasteiger charge is -2.14. The molecular weight excluding hydrogens is 477 g/mol. The summed E-state index contributed by atoms with van der Waals surface area (Å²) in [7, 11) is 1.30. The summed E-state index contributed by atoms with van der Waals surface area (Å²) in [6.45, 7) is 2.08. The maximum Gasteiger partial charge on any atom is 0.337 e. The van der Waals surface area contributed by atoms with Crippen molar-refractivity contribution in [3.63, 3.8) is 0 Å². The Balaban J connectivity index is 1.93. The van der Waals surface area contributed by atoms with E-state index in [9.17, 15) is 19.2 Å². The Morgan fingerprint density at radius 3 is 2.21 bits per heavy atom. The van der Waals surface area contributed by atoms with Gasteiger partial charge in [-0.3, -0.25) is 14.4 Å². The number of Topliss-reactive ketones (excluding diaryl/α,β-unsaturated/α-hetero) is 2. The molecule has 34 heavy (non-hydrogen) atoms. The molecule has 0 unspecified atom stereocenters. The summed E-state index contributed by atoms with van der Waals surface area (Å²) in [5.41, 5.74) is 1.55. The summed E-state index contributed by atoms with van der Waals surface area (Å²) in [6.07, 6.45) is 2.00.